The van der Waals surface area contributed by atoms with E-state index >= 15 is 4.39 Å². The molecule has 230 valence electrons. The number of phenolic OH excluding ortho intramolecular Hbond substituents is 1. The van der Waals surface area contributed by atoms with Gasteiger partial charge in [0.05, 0.1) is 12.3 Å². The van der Waals surface area contributed by atoms with E-state index < -0.39 is 23.3 Å². The molecule has 5 fully saturated rings. The molecule has 2 aromatic carbocycles. The molecule has 44 heavy (non-hydrogen) atoms. The van der Waals surface area contributed by atoms with Crippen molar-refractivity contribution in [3.8, 4) is 23.0 Å². The Morgan fingerprint density at radius 3 is 2.86 bits per heavy atom. The number of phenols is 1. The van der Waals surface area contributed by atoms with Gasteiger partial charge in [0, 0.05) is 49.9 Å². The van der Waals surface area contributed by atoms with E-state index in [0.717, 1.165) is 25.8 Å². The van der Waals surface area contributed by atoms with E-state index in [-0.39, 0.29) is 60.2 Å². The van der Waals surface area contributed by atoms with E-state index in [4.69, 9.17) is 11.1 Å². The second-order valence-electron chi connectivity index (χ2n) is 12.7. The van der Waals surface area contributed by atoms with Crippen LogP contribution in [0.15, 0.2) is 30.5 Å². The van der Waals surface area contributed by atoms with E-state index in [0.29, 0.717) is 53.5 Å². The minimum atomic E-state index is -2.05. The zero-order valence-corrected chi connectivity index (χ0v) is 24.5. The van der Waals surface area contributed by atoms with Gasteiger partial charge in [0.1, 0.15) is 41.3 Å². The Balaban J connectivity index is 1.27. The second-order valence-corrected chi connectivity index (χ2v) is 12.7. The van der Waals surface area contributed by atoms with Gasteiger partial charge >= 0.3 is 6.01 Å². The molecular weight excluding hydrogens is 569 g/mol. The number of hydrogen-bond donors (Lipinski definition) is 2. The predicted octanol–water partition coefficient (Wildman–Crippen LogP) is 5.29. The number of pyridine rings is 1. The van der Waals surface area contributed by atoms with Crippen LogP contribution in [0.5, 0.6) is 11.8 Å². The average molecular weight is 606 g/mol. The molecule has 7 heterocycles. The summed E-state index contributed by atoms with van der Waals surface area (Å²) in [5.41, 5.74) is -0.0116. The topological polar surface area (TPSA) is 86.6 Å². The van der Waals surface area contributed by atoms with Crippen molar-refractivity contribution in [2.45, 2.75) is 69.2 Å². The number of nitrogens with zero attached hydrogens (tertiary/aromatic N) is 5. The van der Waals surface area contributed by atoms with Crippen LogP contribution in [0.2, 0.25) is 0 Å². The summed E-state index contributed by atoms with van der Waals surface area (Å²) in [6.07, 6.45) is 3.49. The fourth-order valence-corrected chi connectivity index (χ4v) is 7.97. The zero-order valence-electron chi connectivity index (χ0n) is 25.5. The van der Waals surface area contributed by atoms with Crippen molar-refractivity contribution < 1.29 is 24.4 Å². The summed E-state index contributed by atoms with van der Waals surface area (Å²) < 4.78 is 60.9. The molecule has 2 aromatic heterocycles. The first-order valence-electron chi connectivity index (χ1n) is 16.0. The predicted molar refractivity (Wildman–Crippen MR) is 162 cm³/mol. The number of piperazine rings is 1. The maximum atomic E-state index is 16.8. The smallest absolute Gasteiger partial charge is 0.319 e. The van der Waals surface area contributed by atoms with Gasteiger partial charge in [-0.2, -0.15) is 9.97 Å². The van der Waals surface area contributed by atoms with E-state index in [9.17, 15) is 13.9 Å². The molecule has 0 saturated carbocycles. The molecule has 5 aliphatic rings. The highest BCUT2D eigenvalue weighted by Crippen LogP contribution is 2.42. The zero-order chi connectivity index (χ0) is 31.1. The number of alkyl halides is 1. The van der Waals surface area contributed by atoms with Crippen LogP contribution in [0.1, 0.15) is 46.0 Å². The number of halogens is 3. The van der Waals surface area contributed by atoms with Crippen molar-refractivity contribution in [1.29, 1.82) is 0 Å². The lowest BCUT2D eigenvalue weighted by molar-refractivity contribution is 0.107. The van der Waals surface area contributed by atoms with Gasteiger partial charge in [0.25, 0.3) is 0 Å². The molecule has 0 radical (unpaired) electrons. The Labute approximate surface area is 254 Å². The highest BCUT2D eigenvalue weighted by molar-refractivity contribution is 6.01. The third-order valence-corrected chi connectivity index (χ3v) is 10.1. The summed E-state index contributed by atoms with van der Waals surface area (Å²) in [7, 11) is 0. The van der Waals surface area contributed by atoms with Gasteiger partial charge in [0.15, 0.2) is 5.82 Å². The Morgan fingerprint density at radius 1 is 1.20 bits per heavy atom. The van der Waals surface area contributed by atoms with Crippen LogP contribution in [0.25, 0.3) is 32.9 Å². The minimum Gasteiger partial charge on any atom is -0.508 e. The molecule has 8 nitrogen and oxygen atoms in total. The van der Waals surface area contributed by atoms with Crippen molar-refractivity contribution in [2.75, 3.05) is 37.7 Å². The molecule has 0 spiro atoms. The number of aromatic hydroxyl groups is 1. The lowest BCUT2D eigenvalue weighted by Gasteiger charge is -2.46. The number of fused-ring (bicyclic) bond motifs is 6. The lowest BCUT2D eigenvalue weighted by atomic mass is 9.92. The molecule has 4 atom stereocenters. The van der Waals surface area contributed by atoms with Gasteiger partial charge in [-0.1, -0.05) is 13.0 Å². The molecule has 2 unspecified atom stereocenters. The molecule has 5 saturated heterocycles. The summed E-state index contributed by atoms with van der Waals surface area (Å²) in [6.45, 7) is 4.12. The number of rotatable bonds is 6. The molecule has 5 aliphatic heterocycles. The minimum absolute atomic E-state index is 0.00730. The summed E-state index contributed by atoms with van der Waals surface area (Å²) >= 11 is 0. The molecule has 0 amide bonds. The Bertz CT molecular complexity index is 1830. The van der Waals surface area contributed by atoms with Crippen LogP contribution in [0.3, 0.4) is 0 Å². The first-order chi connectivity index (χ1) is 21.6. The SMILES string of the molecule is [2H][C@@]1(F)CN2CCC[C@]2(COc2nc(N3CC4CCC3CN4)c3cnc(-c4cc(O)cc5ccc(F)c(CC)c45)c(F)c3n2)C1. The summed E-state index contributed by atoms with van der Waals surface area (Å²) in [4.78, 5) is 18.1. The largest absolute Gasteiger partial charge is 0.508 e. The quantitative estimate of drug-likeness (QED) is 0.307. The number of aryl methyl sites for hydroxylation is 1. The lowest BCUT2D eigenvalue weighted by Crippen LogP contribution is -2.61. The number of piperidine rings is 2. The summed E-state index contributed by atoms with van der Waals surface area (Å²) in [5.74, 6) is -0.705. The number of nitrogens with one attached hydrogen (secondary N) is 1. The number of benzene rings is 2. The highest BCUT2D eigenvalue weighted by atomic mass is 19.1. The van der Waals surface area contributed by atoms with Gasteiger partial charge < -0.3 is 20.1 Å². The Kier molecular flexibility index (Phi) is 6.33. The van der Waals surface area contributed by atoms with E-state index in [2.05, 4.69) is 20.2 Å². The van der Waals surface area contributed by atoms with Gasteiger partial charge in [-0.3, -0.25) is 9.88 Å². The summed E-state index contributed by atoms with van der Waals surface area (Å²) in [6, 6.07) is 6.26. The number of hydrogen-bond acceptors (Lipinski definition) is 8. The molecule has 2 bridgehead atoms. The third-order valence-electron chi connectivity index (χ3n) is 10.1. The standard InChI is InChI=1S/C33H35F3N6O2/c1-2-23-26(35)7-4-18-10-22(43)11-24(27(18)23)29-28(36)30-25(14-38-29)31(42-16-20-5-6-21(42)13-37-20)40-32(39-30)44-17-33-8-3-9-41(33)15-19(34)12-33/h4,7,10-11,14,19-21,37,43H,2-3,5-6,8-9,12-13,15-17H2,1H3/t19-,20?,21?,33+/m0/s1/i19D. The van der Waals surface area contributed by atoms with Crippen molar-refractivity contribution in [2.24, 2.45) is 0 Å². The maximum absolute atomic E-state index is 16.8. The molecule has 4 aromatic rings. The van der Waals surface area contributed by atoms with Crippen LogP contribution in [0.4, 0.5) is 19.0 Å². The molecular formula is C33H35F3N6O2. The average Bonchev–Trinajstić information content (AvgIpc) is 3.52. The highest BCUT2D eigenvalue weighted by Gasteiger charge is 2.49. The fourth-order valence-electron chi connectivity index (χ4n) is 7.97. The van der Waals surface area contributed by atoms with Crippen molar-refractivity contribution in [1.82, 2.24) is 25.2 Å². The first-order valence-corrected chi connectivity index (χ1v) is 15.5. The van der Waals surface area contributed by atoms with Crippen molar-refractivity contribution in [3.05, 3.63) is 47.7 Å². The monoisotopic (exact) mass is 605 g/mol. The van der Waals surface area contributed by atoms with Crippen molar-refractivity contribution in [3.63, 3.8) is 0 Å². The molecule has 2 N–H and O–H groups in total. The third kappa shape index (κ3) is 4.38. The van der Waals surface area contributed by atoms with E-state index in [1.165, 1.54) is 18.2 Å². The Hall–Kier alpha value is -3.70. The Morgan fingerprint density at radius 2 is 2.09 bits per heavy atom. The number of ether oxygens (including phenoxy) is 1. The molecule has 0 aliphatic carbocycles. The van der Waals surface area contributed by atoms with Crippen LogP contribution in [-0.2, 0) is 6.42 Å². The normalized spacial score (nSPS) is 28.6. The second kappa shape index (κ2) is 10.4. The van der Waals surface area contributed by atoms with Crippen LogP contribution < -0.4 is 15.0 Å². The van der Waals surface area contributed by atoms with E-state index in [1.807, 2.05) is 11.8 Å². The number of aromatic nitrogens is 3. The molecule has 11 heteroatoms. The van der Waals surface area contributed by atoms with Crippen LogP contribution in [-0.4, -0.2) is 81.5 Å². The summed E-state index contributed by atoms with van der Waals surface area (Å²) in [5, 5.41) is 15.6. The van der Waals surface area contributed by atoms with Gasteiger partial charge in [-0.25, -0.2) is 13.2 Å². The molecule has 9 rings (SSSR count). The van der Waals surface area contributed by atoms with Gasteiger partial charge in [-0.05, 0) is 73.2 Å². The first kappa shape index (κ1) is 26.7. The maximum Gasteiger partial charge on any atom is 0.319 e. The van der Waals surface area contributed by atoms with Gasteiger partial charge in [0.2, 0.25) is 0 Å². The van der Waals surface area contributed by atoms with Gasteiger partial charge in [-0.15, -0.1) is 0 Å². The van der Waals surface area contributed by atoms with E-state index in [1.54, 1.807) is 12.3 Å². The van der Waals surface area contributed by atoms with Crippen LogP contribution >= 0.6 is 0 Å². The number of anilines is 1. The van der Waals surface area contributed by atoms with Crippen LogP contribution in [0, 0.1) is 11.6 Å². The van der Waals surface area contributed by atoms with Crippen molar-refractivity contribution >= 4 is 27.5 Å². The fraction of sp³-hybridized carbons (Fsp3) is 0.485.